The second-order valence-electron chi connectivity index (χ2n) is 6.11. The first-order valence-electron chi connectivity index (χ1n) is 8.91. The molecule has 144 valence electrons. The van der Waals surface area contributed by atoms with Crippen LogP contribution in [0.25, 0.3) is 16.9 Å². The number of benzene rings is 2. The highest BCUT2D eigenvalue weighted by atomic mass is 16.5. The van der Waals surface area contributed by atoms with E-state index in [9.17, 15) is 4.79 Å². The van der Waals surface area contributed by atoms with Crippen LogP contribution >= 0.6 is 0 Å². The van der Waals surface area contributed by atoms with Crippen molar-refractivity contribution < 1.29 is 13.9 Å². The number of ether oxygens (including phenoxy) is 1. The zero-order valence-corrected chi connectivity index (χ0v) is 15.6. The summed E-state index contributed by atoms with van der Waals surface area (Å²) in [5.41, 5.74) is 5.18. The van der Waals surface area contributed by atoms with Crippen LogP contribution in [-0.2, 0) is 0 Å². The summed E-state index contributed by atoms with van der Waals surface area (Å²) in [5.74, 6) is 0.909. The number of para-hydroxylation sites is 1. The highest BCUT2D eigenvalue weighted by Gasteiger charge is 2.17. The summed E-state index contributed by atoms with van der Waals surface area (Å²) < 4.78 is 12.0. The van der Waals surface area contributed by atoms with Gasteiger partial charge < -0.3 is 9.15 Å². The average molecular weight is 386 g/mol. The lowest BCUT2D eigenvalue weighted by molar-refractivity contribution is 0.0947. The summed E-state index contributed by atoms with van der Waals surface area (Å²) >= 11 is 0. The van der Waals surface area contributed by atoms with E-state index in [0.29, 0.717) is 17.1 Å². The Kier molecular flexibility index (Phi) is 5.20. The smallest absolute Gasteiger partial charge is 0.290 e. The van der Waals surface area contributed by atoms with Crippen molar-refractivity contribution in [2.24, 2.45) is 5.10 Å². The maximum Gasteiger partial charge on any atom is 0.290 e. The van der Waals surface area contributed by atoms with Gasteiger partial charge in [-0.15, -0.1) is 0 Å². The number of rotatable bonds is 6. The highest BCUT2D eigenvalue weighted by Crippen LogP contribution is 2.24. The van der Waals surface area contributed by atoms with Crippen molar-refractivity contribution >= 4 is 12.1 Å². The third-order valence-corrected chi connectivity index (χ3v) is 4.23. The third-order valence-electron chi connectivity index (χ3n) is 4.23. The molecule has 2 heterocycles. The summed E-state index contributed by atoms with van der Waals surface area (Å²) in [7, 11) is 1.62. The fourth-order valence-corrected chi connectivity index (χ4v) is 2.79. The standard InChI is InChI=1S/C22H18N4O3/c1-28-18-11-9-16(10-12-18)20-14-21(26(25-20)17-6-3-2-4-7-17)22(27)24-23-15-19-8-5-13-29-19/h2-15H,1H3,(H,24,27)/b23-15+. The van der Waals surface area contributed by atoms with Crippen molar-refractivity contribution in [2.45, 2.75) is 0 Å². The molecule has 4 aromatic rings. The largest absolute Gasteiger partial charge is 0.497 e. The van der Waals surface area contributed by atoms with Crippen LogP contribution in [0.2, 0.25) is 0 Å². The van der Waals surface area contributed by atoms with Gasteiger partial charge in [0.25, 0.3) is 5.91 Å². The molecule has 7 nitrogen and oxygen atoms in total. The van der Waals surface area contributed by atoms with Crippen molar-refractivity contribution in [1.29, 1.82) is 0 Å². The average Bonchev–Trinajstić information content (AvgIpc) is 3.45. The van der Waals surface area contributed by atoms with E-state index < -0.39 is 0 Å². The fraction of sp³-hybridized carbons (Fsp3) is 0.0455. The van der Waals surface area contributed by atoms with Crippen LogP contribution in [0.4, 0.5) is 0 Å². The minimum atomic E-state index is -0.385. The molecule has 0 aliphatic rings. The van der Waals surface area contributed by atoms with E-state index in [1.807, 2.05) is 54.6 Å². The van der Waals surface area contributed by atoms with Gasteiger partial charge in [0.1, 0.15) is 17.2 Å². The molecular formula is C22H18N4O3. The van der Waals surface area contributed by atoms with Crippen LogP contribution in [0.5, 0.6) is 5.75 Å². The molecule has 1 N–H and O–H groups in total. The number of aromatic nitrogens is 2. The van der Waals surface area contributed by atoms with Crippen molar-refractivity contribution in [2.75, 3.05) is 7.11 Å². The van der Waals surface area contributed by atoms with Gasteiger partial charge in [0, 0.05) is 5.56 Å². The monoisotopic (exact) mass is 386 g/mol. The molecule has 29 heavy (non-hydrogen) atoms. The van der Waals surface area contributed by atoms with E-state index in [2.05, 4.69) is 15.6 Å². The second kappa shape index (κ2) is 8.26. The molecule has 0 saturated heterocycles. The van der Waals surface area contributed by atoms with Crippen molar-refractivity contribution in [3.05, 3.63) is 90.5 Å². The molecule has 1 amide bonds. The highest BCUT2D eigenvalue weighted by molar-refractivity contribution is 5.95. The van der Waals surface area contributed by atoms with Gasteiger partial charge in [-0.3, -0.25) is 4.79 Å². The molecule has 0 atom stereocenters. The van der Waals surface area contributed by atoms with E-state index in [4.69, 9.17) is 9.15 Å². The molecule has 4 rings (SSSR count). The lowest BCUT2D eigenvalue weighted by Gasteiger charge is -2.05. The Hall–Kier alpha value is -4.13. The number of furan rings is 1. The van der Waals surface area contributed by atoms with Gasteiger partial charge in [-0.25, -0.2) is 10.1 Å². The van der Waals surface area contributed by atoms with Crippen LogP contribution in [0, 0.1) is 0 Å². The van der Waals surface area contributed by atoms with Crippen LogP contribution in [0.15, 0.2) is 88.6 Å². The van der Waals surface area contributed by atoms with Crippen molar-refractivity contribution in [3.63, 3.8) is 0 Å². The predicted octanol–water partition coefficient (Wildman–Crippen LogP) is 3.90. The molecule has 2 aromatic carbocycles. The molecule has 0 aliphatic carbocycles. The molecule has 0 saturated carbocycles. The number of hydrazone groups is 1. The maximum absolute atomic E-state index is 12.8. The molecule has 7 heteroatoms. The Balaban J connectivity index is 1.66. The molecule has 0 bridgehead atoms. The normalized spacial score (nSPS) is 10.9. The SMILES string of the molecule is COc1ccc(-c2cc(C(=O)N/N=C/c3ccco3)n(-c3ccccc3)n2)cc1. The van der Waals surface area contributed by atoms with Gasteiger partial charge >= 0.3 is 0 Å². The summed E-state index contributed by atoms with van der Waals surface area (Å²) in [4.78, 5) is 12.8. The zero-order chi connectivity index (χ0) is 20.1. The quantitative estimate of drug-likeness (QED) is 0.402. The van der Waals surface area contributed by atoms with Gasteiger partial charge in [0.2, 0.25) is 0 Å². The summed E-state index contributed by atoms with van der Waals surface area (Å²) in [5, 5.41) is 8.58. The minimum Gasteiger partial charge on any atom is -0.497 e. The van der Waals surface area contributed by atoms with Crippen LogP contribution in [0.1, 0.15) is 16.2 Å². The Labute approximate surface area is 167 Å². The Morgan fingerprint density at radius 3 is 2.59 bits per heavy atom. The van der Waals surface area contributed by atoms with Gasteiger partial charge in [-0.05, 0) is 54.6 Å². The first kappa shape index (κ1) is 18.2. The van der Waals surface area contributed by atoms with Gasteiger partial charge in [0.05, 0.1) is 31.0 Å². The van der Waals surface area contributed by atoms with E-state index in [1.165, 1.54) is 12.5 Å². The minimum absolute atomic E-state index is 0.360. The molecule has 0 fully saturated rings. The number of hydrogen-bond donors (Lipinski definition) is 1. The van der Waals surface area contributed by atoms with Crippen molar-refractivity contribution in [3.8, 4) is 22.7 Å². The van der Waals surface area contributed by atoms with Crippen LogP contribution in [-0.4, -0.2) is 29.0 Å². The number of nitrogens with one attached hydrogen (secondary N) is 1. The summed E-state index contributed by atoms with van der Waals surface area (Å²) in [6, 6.07) is 22.2. The molecule has 0 aliphatic heterocycles. The van der Waals surface area contributed by atoms with Crippen LogP contribution in [0.3, 0.4) is 0 Å². The van der Waals surface area contributed by atoms with Crippen LogP contribution < -0.4 is 10.2 Å². The second-order valence-corrected chi connectivity index (χ2v) is 6.11. The Morgan fingerprint density at radius 2 is 1.90 bits per heavy atom. The molecule has 0 unspecified atom stereocenters. The lowest BCUT2D eigenvalue weighted by atomic mass is 10.1. The lowest BCUT2D eigenvalue weighted by Crippen LogP contribution is -2.21. The molecular weight excluding hydrogens is 368 g/mol. The number of hydrogen-bond acceptors (Lipinski definition) is 5. The number of carbonyl (C=O) groups is 1. The van der Waals surface area contributed by atoms with E-state index in [-0.39, 0.29) is 5.91 Å². The number of carbonyl (C=O) groups excluding carboxylic acids is 1. The first-order valence-corrected chi connectivity index (χ1v) is 8.91. The molecule has 0 spiro atoms. The van der Waals surface area contributed by atoms with Gasteiger partial charge in [-0.2, -0.15) is 10.2 Å². The van der Waals surface area contributed by atoms with Gasteiger partial charge in [0.15, 0.2) is 0 Å². The number of nitrogens with zero attached hydrogens (tertiary/aromatic N) is 3. The fourth-order valence-electron chi connectivity index (χ4n) is 2.79. The topological polar surface area (TPSA) is 81.6 Å². The van der Waals surface area contributed by atoms with E-state index in [1.54, 1.807) is 30.0 Å². The van der Waals surface area contributed by atoms with E-state index in [0.717, 1.165) is 17.0 Å². The number of amides is 1. The Bertz CT molecular complexity index is 1110. The molecule has 0 radical (unpaired) electrons. The molecule has 2 aromatic heterocycles. The third kappa shape index (κ3) is 4.08. The predicted molar refractivity (Wildman–Crippen MR) is 109 cm³/mol. The van der Waals surface area contributed by atoms with Crippen molar-refractivity contribution in [1.82, 2.24) is 15.2 Å². The number of methoxy groups -OCH3 is 1. The first-order chi connectivity index (χ1) is 14.2. The summed E-state index contributed by atoms with van der Waals surface area (Å²) in [6.45, 7) is 0. The zero-order valence-electron chi connectivity index (χ0n) is 15.6. The maximum atomic E-state index is 12.8. The summed E-state index contributed by atoms with van der Waals surface area (Å²) in [6.07, 6.45) is 2.97. The van der Waals surface area contributed by atoms with E-state index >= 15 is 0 Å². The Morgan fingerprint density at radius 1 is 1.10 bits per heavy atom. The van der Waals surface area contributed by atoms with Gasteiger partial charge in [-0.1, -0.05) is 18.2 Å².